The van der Waals surface area contributed by atoms with E-state index in [9.17, 15) is 23.7 Å². The summed E-state index contributed by atoms with van der Waals surface area (Å²) in [5.74, 6) is -3.37. The molecule has 9 heteroatoms. The fourth-order valence-electron chi connectivity index (χ4n) is 1.69. The van der Waals surface area contributed by atoms with Crippen LogP contribution < -0.4 is 5.32 Å². The number of benzene rings is 1. The first-order valence-electron chi connectivity index (χ1n) is 5.06. The average molecular weight is 293 g/mol. The predicted molar refractivity (Wildman–Crippen MR) is 60.3 cm³/mol. The number of alkyl carbamates (subject to hydrolysis) is 1. The zero-order valence-corrected chi connectivity index (χ0v) is 9.99. The van der Waals surface area contributed by atoms with Crippen molar-refractivity contribution in [2.45, 2.75) is 12.0 Å². The molecule has 1 fully saturated rings. The maximum atomic E-state index is 13.6. The molecule has 0 spiro atoms. The van der Waals surface area contributed by atoms with E-state index >= 15 is 0 Å². The van der Waals surface area contributed by atoms with Gasteiger partial charge in [0.05, 0.1) is 4.92 Å². The number of hydrogen-bond acceptors (Lipinski definition) is 4. The Hall–Kier alpha value is -1.96. The molecule has 1 aliphatic rings. The first kappa shape index (κ1) is 13.5. The molecule has 1 aromatic rings. The van der Waals surface area contributed by atoms with Crippen molar-refractivity contribution < 1.29 is 23.2 Å². The molecule has 1 aromatic carbocycles. The smallest absolute Gasteiger partial charge is 0.408 e. The van der Waals surface area contributed by atoms with Crippen LogP contribution in [0.25, 0.3) is 0 Å². The number of nitrogens with zero attached hydrogens (tertiary/aromatic N) is 1. The monoisotopic (exact) mass is 292 g/mol. The Morgan fingerprint density at radius 2 is 2.21 bits per heavy atom. The second-order valence-corrected chi connectivity index (χ2v) is 4.29. The van der Waals surface area contributed by atoms with Gasteiger partial charge in [0.25, 0.3) is 5.69 Å². The molecule has 1 aliphatic heterocycles. The highest BCUT2D eigenvalue weighted by atomic mass is 35.5. The molecule has 0 radical (unpaired) electrons. The number of carbonyl (C=O) groups excluding carboxylic acids is 1. The number of carbonyl (C=O) groups is 1. The van der Waals surface area contributed by atoms with Gasteiger partial charge in [-0.3, -0.25) is 10.1 Å². The van der Waals surface area contributed by atoms with Gasteiger partial charge in [0.1, 0.15) is 11.1 Å². The molecule has 2 rings (SSSR count). The Morgan fingerprint density at radius 1 is 1.53 bits per heavy atom. The van der Waals surface area contributed by atoms with Crippen LogP contribution in [-0.4, -0.2) is 23.5 Å². The molecular weight excluding hydrogens is 286 g/mol. The Bertz CT molecular complexity index is 552. The lowest BCUT2D eigenvalue weighted by atomic mass is 9.99. The van der Waals surface area contributed by atoms with Crippen LogP contribution >= 0.6 is 11.6 Å². The number of nitrogens with one attached hydrogen (secondary N) is 1. The van der Waals surface area contributed by atoms with Gasteiger partial charge < -0.3 is 10.1 Å². The molecule has 1 heterocycles. The van der Waals surface area contributed by atoms with E-state index in [1.165, 1.54) is 6.07 Å². The average Bonchev–Trinajstić information content (AvgIpc) is 2.33. The second-order valence-electron chi connectivity index (χ2n) is 3.88. The maximum absolute atomic E-state index is 13.6. The van der Waals surface area contributed by atoms with E-state index in [-0.39, 0.29) is 10.6 Å². The molecule has 0 saturated carbocycles. The molecule has 0 unspecified atom stereocenters. The number of hydrogen-bond donors (Lipinski definition) is 1. The zero-order chi connectivity index (χ0) is 14.2. The van der Waals surface area contributed by atoms with E-state index in [2.05, 4.69) is 4.74 Å². The number of alkyl halides is 2. The van der Waals surface area contributed by atoms with Crippen LogP contribution in [0, 0.1) is 10.1 Å². The fraction of sp³-hybridized carbons (Fsp3) is 0.300. The topological polar surface area (TPSA) is 81.5 Å². The molecule has 6 nitrogen and oxygen atoms in total. The van der Waals surface area contributed by atoms with E-state index in [4.69, 9.17) is 11.6 Å². The normalized spacial score (nSPS) is 21.4. The number of cyclic esters (lactones) is 1. The summed E-state index contributed by atoms with van der Waals surface area (Å²) in [7, 11) is 0. The van der Waals surface area contributed by atoms with Crippen molar-refractivity contribution in [3.8, 4) is 0 Å². The minimum atomic E-state index is -3.37. The SMILES string of the molecule is O=C1N[C@@H](c2ccc(Cl)c([N+](=O)[O-])c2)C(F)(F)CO1. The van der Waals surface area contributed by atoms with Gasteiger partial charge in [-0.1, -0.05) is 17.7 Å². The van der Waals surface area contributed by atoms with Crippen LogP contribution in [-0.2, 0) is 4.74 Å². The Morgan fingerprint density at radius 3 is 2.84 bits per heavy atom. The Balaban J connectivity index is 2.42. The summed E-state index contributed by atoms with van der Waals surface area (Å²) in [5.41, 5.74) is -0.617. The van der Waals surface area contributed by atoms with Gasteiger partial charge in [-0.2, -0.15) is 0 Å². The lowest BCUT2D eigenvalue weighted by Crippen LogP contribution is -2.49. The summed E-state index contributed by atoms with van der Waals surface area (Å²) in [6, 6.07) is 1.54. The number of rotatable bonds is 2. The summed E-state index contributed by atoms with van der Waals surface area (Å²) >= 11 is 5.59. The van der Waals surface area contributed by atoms with Crippen LogP contribution in [0.3, 0.4) is 0 Å². The number of ether oxygens (including phenoxy) is 1. The third kappa shape index (κ3) is 2.58. The first-order valence-corrected chi connectivity index (χ1v) is 5.44. The van der Waals surface area contributed by atoms with Crippen molar-refractivity contribution in [2.24, 2.45) is 0 Å². The predicted octanol–water partition coefficient (Wildman–Crippen LogP) is 2.66. The highest BCUT2D eigenvalue weighted by Gasteiger charge is 2.47. The maximum Gasteiger partial charge on any atom is 0.408 e. The third-order valence-corrected chi connectivity index (χ3v) is 2.90. The van der Waals surface area contributed by atoms with Crippen LogP contribution in [0.4, 0.5) is 19.3 Å². The van der Waals surface area contributed by atoms with Crippen molar-refractivity contribution in [1.82, 2.24) is 5.32 Å². The summed E-state index contributed by atoms with van der Waals surface area (Å²) in [4.78, 5) is 20.9. The van der Waals surface area contributed by atoms with Crippen molar-refractivity contribution in [3.63, 3.8) is 0 Å². The summed E-state index contributed by atoms with van der Waals surface area (Å²) in [6.45, 7) is -1.08. The van der Waals surface area contributed by atoms with E-state index in [1.54, 1.807) is 0 Å². The summed E-state index contributed by atoms with van der Waals surface area (Å²) < 4.78 is 31.4. The van der Waals surface area contributed by atoms with Gasteiger partial charge in [-0.25, -0.2) is 13.6 Å². The van der Waals surface area contributed by atoms with Crippen molar-refractivity contribution in [1.29, 1.82) is 0 Å². The van der Waals surface area contributed by atoms with Gasteiger partial charge in [0, 0.05) is 6.07 Å². The molecule has 1 atom stereocenters. The standard InChI is InChI=1S/C10H7ClF2N2O4/c11-6-2-1-5(3-7(6)15(17)18)8-10(12,13)4-19-9(16)14-8/h1-3,8H,4H2,(H,14,16)/t8-/m0/s1. The van der Waals surface area contributed by atoms with Gasteiger partial charge in [0.2, 0.25) is 0 Å². The Labute approximate surface area is 110 Å². The molecule has 1 N–H and O–H groups in total. The van der Waals surface area contributed by atoms with Crippen LogP contribution in [0.15, 0.2) is 18.2 Å². The van der Waals surface area contributed by atoms with Crippen LogP contribution in [0.2, 0.25) is 5.02 Å². The molecule has 19 heavy (non-hydrogen) atoms. The van der Waals surface area contributed by atoms with Crippen molar-refractivity contribution >= 4 is 23.4 Å². The Kier molecular flexibility index (Phi) is 3.27. The van der Waals surface area contributed by atoms with E-state index in [1.807, 2.05) is 5.32 Å². The molecule has 0 bridgehead atoms. The number of nitro benzene ring substituents is 1. The first-order chi connectivity index (χ1) is 8.81. The lowest BCUT2D eigenvalue weighted by molar-refractivity contribution is -0.384. The lowest BCUT2D eigenvalue weighted by Gasteiger charge is -2.31. The molecule has 1 saturated heterocycles. The zero-order valence-electron chi connectivity index (χ0n) is 9.23. The minimum absolute atomic E-state index is 0.113. The molecular formula is C10H7ClF2N2O4. The summed E-state index contributed by atoms with van der Waals surface area (Å²) in [5, 5.41) is 12.5. The molecule has 102 valence electrons. The van der Waals surface area contributed by atoms with Gasteiger partial charge in [-0.05, 0) is 11.6 Å². The second kappa shape index (κ2) is 4.61. The number of amides is 1. The van der Waals surface area contributed by atoms with E-state index in [0.717, 1.165) is 12.1 Å². The highest BCUT2D eigenvalue weighted by molar-refractivity contribution is 6.32. The van der Waals surface area contributed by atoms with Gasteiger partial charge in [-0.15, -0.1) is 0 Å². The molecule has 1 amide bonds. The highest BCUT2D eigenvalue weighted by Crippen LogP contribution is 2.37. The van der Waals surface area contributed by atoms with Crippen molar-refractivity contribution in [2.75, 3.05) is 6.61 Å². The number of halogens is 3. The molecule has 0 aliphatic carbocycles. The van der Waals surface area contributed by atoms with Gasteiger partial charge in [0.15, 0.2) is 6.61 Å². The van der Waals surface area contributed by atoms with Crippen LogP contribution in [0.1, 0.15) is 11.6 Å². The molecule has 0 aromatic heterocycles. The van der Waals surface area contributed by atoms with Crippen LogP contribution in [0.5, 0.6) is 0 Å². The fourth-order valence-corrected chi connectivity index (χ4v) is 1.87. The van der Waals surface area contributed by atoms with Crippen molar-refractivity contribution in [3.05, 3.63) is 38.9 Å². The third-order valence-electron chi connectivity index (χ3n) is 2.58. The van der Waals surface area contributed by atoms with Gasteiger partial charge >= 0.3 is 12.0 Å². The van der Waals surface area contributed by atoms with E-state index < -0.39 is 35.3 Å². The number of nitro groups is 1. The largest absolute Gasteiger partial charge is 0.443 e. The van der Waals surface area contributed by atoms with E-state index in [0.29, 0.717) is 0 Å². The minimum Gasteiger partial charge on any atom is -0.443 e. The summed E-state index contributed by atoms with van der Waals surface area (Å²) in [6.07, 6.45) is -1.01. The quantitative estimate of drug-likeness (QED) is 0.671.